The summed E-state index contributed by atoms with van der Waals surface area (Å²) in [6.07, 6.45) is 11.5. The van der Waals surface area contributed by atoms with Gasteiger partial charge in [-0.05, 0) is 199 Å². The molecule has 0 atom stereocenters. The van der Waals surface area contributed by atoms with Gasteiger partial charge in [-0.25, -0.2) is 0 Å². The molecule has 0 spiro atoms. The van der Waals surface area contributed by atoms with Crippen LogP contribution in [0.2, 0.25) is 36.3 Å². The molecule has 138 heavy (non-hydrogen) atoms. The number of nitrogens with one attached hydrogen (secondary N) is 3. The zero-order valence-corrected chi connectivity index (χ0v) is 85.0. The molecule has 0 aliphatic heterocycles. The van der Waals surface area contributed by atoms with E-state index in [1.54, 1.807) is 72.8 Å². The fraction of sp³-hybridized carbons (Fsp3) is 0.384. The Labute approximate surface area is 830 Å². The maximum Gasteiger partial charge on any atom is 1.00 e. The van der Waals surface area contributed by atoms with Crippen LogP contribution in [-0.4, -0.2) is 194 Å². The average molecular weight is 1970 g/mol. The Morgan fingerprint density at radius 3 is 1.24 bits per heavy atom. The number of methoxy groups -OCH3 is 3. The molecule has 3 amide bonds. The minimum atomic E-state index is -1.72. The zero-order chi connectivity index (χ0) is 99.0. The Hall–Kier alpha value is -12.3. The van der Waals surface area contributed by atoms with Crippen molar-refractivity contribution in [3.05, 3.63) is 272 Å². The number of anilines is 3. The predicted molar refractivity (Wildman–Crippen MR) is 535 cm³/mol. The van der Waals surface area contributed by atoms with Crippen molar-refractivity contribution in [3.63, 3.8) is 0 Å². The van der Waals surface area contributed by atoms with Crippen LogP contribution in [0.3, 0.4) is 0 Å². The maximum absolute atomic E-state index is 12.4. The first-order valence-electron chi connectivity index (χ1n) is 44.0. The Bertz CT molecular complexity index is 5210. The average Bonchev–Trinajstić information content (AvgIpc) is 1.03. The van der Waals surface area contributed by atoms with E-state index < -0.39 is 22.6 Å². The number of aliphatic hydroxyl groups is 2. The number of nitrogen functional groups attached to an aromatic ring is 1. The van der Waals surface area contributed by atoms with Gasteiger partial charge in [-0.15, -0.1) is 25.5 Å². The molecule has 39 heteroatoms. The second-order valence-corrected chi connectivity index (χ2v) is 45.3. The normalized spacial score (nSPS) is 11.0. The second kappa shape index (κ2) is 66.3. The Balaban J connectivity index is 0.000000580. The van der Waals surface area contributed by atoms with Crippen LogP contribution in [0.5, 0.6) is 28.7 Å². The number of aromatic hydroxyl groups is 1. The smallest absolute Gasteiger partial charge is 0.870 e. The van der Waals surface area contributed by atoms with E-state index in [2.05, 4.69) is 128 Å². The molecule has 0 saturated carbocycles. The number of allylic oxidation sites excluding steroid dienone is 3. The number of aryl methyl sites for hydroxylation is 3. The maximum atomic E-state index is 12.4. The fourth-order valence-electron chi connectivity index (χ4n) is 11.4. The molecule has 3 heterocycles. The fourth-order valence-corrected chi connectivity index (χ4v) is 14.9. The number of carbonyl (C=O) groups is 7. The summed E-state index contributed by atoms with van der Waals surface area (Å²) in [5, 5.41) is 70.7. The molecule has 3 aromatic heterocycles. The van der Waals surface area contributed by atoms with Crippen molar-refractivity contribution in [2.45, 2.75) is 174 Å². The molecule has 0 aliphatic rings. The van der Waals surface area contributed by atoms with Crippen molar-refractivity contribution in [2.24, 2.45) is 11.5 Å². The Kier molecular flexibility index (Phi) is 58.5. The van der Waals surface area contributed by atoms with Crippen LogP contribution in [0, 0.1) is 0 Å². The van der Waals surface area contributed by atoms with Gasteiger partial charge in [-0.2, -0.15) is 5.10 Å². The van der Waals surface area contributed by atoms with Gasteiger partial charge in [-0.1, -0.05) is 186 Å². The number of ether oxygens (including phenoxy) is 7. The van der Waals surface area contributed by atoms with Crippen LogP contribution < -0.4 is 71.0 Å². The summed E-state index contributed by atoms with van der Waals surface area (Å²) in [7, 11) is 0.674. The monoisotopic (exact) mass is 1970 g/mol. The summed E-state index contributed by atoms with van der Waals surface area (Å²) in [6, 6.07) is 58.3. The van der Waals surface area contributed by atoms with Crippen molar-refractivity contribution in [1.82, 2.24) is 35.9 Å². The molecule has 7 aromatic carbocycles. The van der Waals surface area contributed by atoms with E-state index in [0.717, 1.165) is 112 Å². The third-order valence-electron chi connectivity index (χ3n) is 20.5. The number of phenolic OH excluding ortho intramolecular Hbond substituents is 1. The number of esters is 3. The number of amides is 3. The van der Waals surface area contributed by atoms with Crippen molar-refractivity contribution in [3.8, 4) is 28.7 Å². The summed E-state index contributed by atoms with van der Waals surface area (Å²) < 4.78 is 47.9. The topological polar surface area (TPSA) is 536 Å². The molecule has 0 saturated heterocycles. The second-order valence-electron chi connectivity index (χ2n) is 33.5. The quantitative estimate of drug-likeness (QED) is 0.00557. The van der Waals surface area contributed by atoms with Gasteiger partial charge in [0, 0.05) is 18.5 Å². The van der Waals surface area contributed by atoms with Crippen LogP contribution in [0.4, 0.5) is 16.1 Å². The first-order chi connectivity index (χ1) is 64.3. The van der Waals surface area contributed by atoms with Crippen molar-refractivity contribution < 1.29 is 126 Å². The van der Waals surface area contributed by atoms with Crippen LogP contribution in [0.1, 0.15) is 128 Å². The first-order valence-corrected chi connectivity index (χ1v) is 51.5. The third-order valence-corrected chi connectivity index (χ3v) is 31.2. The summed E-state index contributed by atoms with van der Waals surface area (Å²) in [4.78, 5) is 80.3. The van der Waals surface area contributed by atoms with E-state index in [-0.39, 0.29) is 158 Å². The summed E-state index contributed by atoms with van der Waals surface area (Å²) in [6.45, 7) is 24.7. The van der Waals surface area contributed by atoms with E-state index >= 15 is 0 Å². The third kappa shape index (κ3) is 52.3. The van der Waals surface area contributed by atoms with Crippen LogP contribution in [0.25, 0.3) is 0 Å². The molecule has 0 aliphatic carbocycles. The van der Waals surface area contributed by atoms with Gasteiger partial charge >= 0.3 is 42.7 Å². The standard InChI is InChI=1S/C28H30N6O4S.C18H24N6OS.2C17H28O4Si.C10H12O4.C9H10O3.Li.2H2O/c35-15-16-38-23-11-6-9-21(17-23)19-26(37)30-28-34-33-27(39-28)12-5-4-10-22-13-14-24(32-31-22)29-25(36)18-20-7-2-1-3-8-20;19-14(8-4-5-9-17-23-24-18(21)26-17)10-11-15(20)22-16(25)12-13-6-2-1-3-7-13;2*1-17(2,3)22(5,6)21-11-10-20-15-9-7-8-14(12-15)13-16(18)19-4;11-4-5-14-9-3-1-2-8(6-9)7-10(12)13;1-12-9(11)6-7-3-2-4-8(10)5-7;;;/h1-3,6-9,11,13-14,17,35H,4-5,10,12,15-16,18-19H2,(H,29,32,36)(H,30,34,37);1-3,6-7,10-11H,4-5,8-9,12,19-20H2,(H2,21,24)(H,22,25);2*7-9,12H,10-11,13H2,1-6H3;1-3,6,11H,4-5,7H2,(H,12,13);2-5,10H,6H2,1H3;;2*1H2/q;;;;;;+1;;/p-1/b;14-10-,15-11+;;;;;;;. The van der Waals surface area contributed by atoms with Crippen LogP contribution in [-0.2, 0) is 121 Å². The van der Waals surface area contributed by atoms with E-state index in [9.17, 15) is 33.6 Å². The summed E-state index contributed by atoms with van der Waals surface area (Å²) in [5.74, 6) is 1.41. The van der Waals surface area contributed by atoms with Gasteiger partial charge in [0.1, 0.15) is 71.0 Å². The number of benzene rings is 7. The number of carbonyl (C=O) groups excluding carboxylic acids is 6. The minimum absolute atomic E-state index is 0. The number of nitrogens with zero attached hydrogens (tertiary/aromatic N) is 6. The molecule has 10 aromatic rings. The van der Waals surface area contributed by atoms with Gasteiger partial charge < -0.3 is 107 Å². The molecule has 0 bridgehead atoms. The van der Waals surface area contributed by atoms with Gasteiger partial charge in [0.2, 0.25) is 28.0 Å². The van der Waals surface area contributed by atoms with Gasteiger partial charge in [0.15, 0.2) is 22.5 Å². The molecular formula is C99H135LiN12O22S2Si2. The number of rotatable bonds is 44. The number of hydrogen-bond donors (Lipinski definition) is 10. The number of aliphatic hydroxyl groups excluding tert-OH is 2. The van der Waals surface area contributed by atoms with E-state index in [4.69, 9.17) is 65.4 Å². The molecule has 0 unspecified atom stereocenters. The SMILES string of the molecule is COC(=O)Cc1cccc(O)c1.COC(=O)Cc1cccc(OCCO[Si](C)(C)C(C)(C)C)c1.COC(=O)Cc1cccc(OCCO[Si](C)(C)C(C)(C)C)c1.N/C(=C\C=C(/N)NC(=O)Cc1ccccc1)CCCCc1nnc(N)s1.O.O=C(Cc1ccccc1)Nc1ccc(CCCCc2nnc(NC(=O)Cc3cccc(OCCO)c3)s2)nn1.O=C(O)Cc1cccc(OCCO)c1.[Li+].[OH-]. The number of carboxylic acid groups (broad SMARTS) is 1. The predicted octanol–water partition coefficient (Wildman–Crippen LogP) is 10.9. The molecule has 16 N–H and O–H groups in total. The first kappa shape index (κ1) is 122. The van der Waals surface area contributed by atoms with Crippen molar-refractivity contribution >= 4 is 97.0 Å². The Morgan fingerprint density at radius 2 is 0.819 bits per heavy atom. The van der Waals surface area contributed by atoms with Crippen LogP contribution in [0.15, 0.2) is 218 Å². The molecule has 744 valence electrons. The number of unbranched alkanes of at least 4 members (excludes halogenated alkanes) is 2. The van der Waals surface area contributed by atoms with Gasteiger partial charge in [0.05, 0.1) is 98.4 Å². The number of nitrogens with two attached hydrogens (primary N) is 3. The molecule has 34 nitrogen and oxygen atoms in total. The minimum Gasteiger partial charge on any atom is -0.870 e. The zero-order valence-electron chi connectivity index (χ0n) is 81.4. The van der Waals surface area contributed by atoms with Crippen molar-refractivity contribution in [1.29, 1.82) is 0 Å². The number of hydrogen-bond acceptors (Lipinski definition) is 31. The molecule has 0 radical (unpaired) electrons. The molecule has 10 rings (SSSR count). The van der Waals surface area contributed by atoms with E-state index in [1.165, 1.54) is 50.1 Å². The summed E-state index contributed by atoms with van der Waals surface area (Å²) >= 11 is 2.78. The number of aromatic nitrogens is 6. The molecular weight excluding hydrogens is 1840 g/mol. The largest absolute Gasteiger partial charge is 1.00 e. The molecule has 0 fully saturated rings. The van der Waals surface area contributed by atoms with E-state index in [1.807, 2.05) is 127 Å². The number of phenols is 1. The number of carboxylic acids is 1. The van der Waals surface area contributed by atoms with Gasteiger partial charge in [0.25, 0.3) is 0 Å². The summed E-state index contributed by atoms with van der Waals surface area (Å²) in [5.41, 5.74) is 24.8. The number of aliphatic carboxylic acids is 1. The van der Waals surface area contributed by atoms with Crippen molar-refractivity contribution in [2.75, 3.05) is 90.6 Å². The van der Waals surface area contributed by atoms with Gasteiger partial charge in [-0.3, -0.25) is 33.6 Å². The van der Waals surface area contributed by atoms with E-state index in [0.29, 0.717) is 65.3 Å². The van der Waals surface area contributed by atoms with Crippen LogP contribution >= 0.6 is 22.7 Å². The Morgan fingerprint density at radius 1 is 0.428 bits per heavy atom.